The van der Waals surface area contributed by atoms with Crippen molar-refractivity contribution in [1.82, 2.24) is 24.9 Å². The van der Waals surface area contributed by atoms with E-state index in [9.17, 15) is 9.59 Å². The van der Waals surface area contributed by atoms with Crippen LogP contribution in [0.2, 0.25) is 0 Å². The molecule has 0 aliphatic carbocycles. The average Bonchev–Trinajstić information content (AvgIpc) is 2.91. The first-order chi connectivity index (χ1) is 17.0. The molecule has 0 atom stereocenters. The number of carbonyl (C=O) groups is 2. The van der Waals surface area contributed by atoms with Crippen LogP contribution in [-0.2, 0) is 14.3 Å². The fraction of sp³-hybridized carbons (Fsp3) is 0.538. The van der Waals surface area contributed by atoms with Crippen molar-refractivity contribution in [3.05, 3.63) is 42.0 Å². The number of amides is 2. The molecular weight excluding hydrogens is 444 g/mol. The molecule has 0 saturated carbocycles. The Kier molecular flexibility index (Phi) is 8.65. The van der Waals surface area contributed by atoms with Crippen molar-refractivity contribution in [2.45, 2.75) is 20.3 Å². The lowest BCUT2D eigenvalue weighted by atomic mass is 10.1. The maximum atomic E-state index is 13.0. The van der Waals surface area contributed by atoms with E-state index in [-0.39, 0.29) is 18.4 Å². The number of anilines is 1. The van der Waals surface area contributed by atoms with Gasteiger partial charge in [-0.05, 0) is 19.1 Å². The number of benzene rings is 1. The Morgan fingerprint density at radius 3 is 2.29 bits per heavy atom. The molecule has 0 N–H and O–H groups in total. The molecule has 0 radical (unpaired) electrons. The smallest absolute Gasteiger partial charge is 0.242 e. The quantitative estimate of drug-likeness (QED) is 0.569. The molecule has 2 aromatic rings. The maximum absolute atomic E-state index is 13.0. The molecule has 0 unspecified atom stereocenters. The number of hydrogen-bond acceptors (Lipinski definition) is 7. The standard InChI is InChI=1S/C26H36N6O3/c1-3-25(33)32(11-10-29-16-18-35-19-17-29)20-26(34)31-14-12-30(13-15-31)24-9-8-23(27-28-24)22-6-4-21(2)5-7-22/h4-9H,3,10-20H2,1-2H3. The van der Waals surface area contributed by atoms with E-state index in [1.54, 1.807) is 4.90 Å². The summed E-state index contributed by atoms with van der Waals surface area (Å²) in [7, 11) is 0. The lowest BCUT2D eigenvalue weighted by Crippen LogP contribution is -2.52. The van der Waals surface area contributed by atoms with Crippen LogP contribution < -0.4 is 4.90 Å². The molecule has 2 saturated heterocycles. The highest BCUT2D eigenvalue weighted by atomic mass is 16.5. The minimum atomic E-state index is 0.00855. The third-order valence-corrected chi connectivity index (χ3v) is 6.73. The zero-order valence-corrected chi connectivity index (χ0v) is 20.9. The topological polar surface area (TPSA) is 82.1 Å². The first-order valence-corrected chi connectivity index (χ1v) is 12.5. The largest absolute Gasteiger partial charge is 0.379 e. The molecule has 2 fully saturated rings. The zero-order valence-electron chi connectivity index (χ0n) is 20.9. The third kappa shape index (κ3) is 6.76. The summed E-state index contributed by atoms with van der Waals surface area (Å²) >= 11 is 0. The first-order valence-electron chi connectivity index (χ1n) is 12.5. The van der Waals surface area contributed by atoms with Crippen molar-refractivity contribution in [1.29, 1.82) is 0 Å². The molecule has 9 heteroatoms. The molecule has 0 spiro atoms. The molecule has 1 aromatic heterocycles. The van der Waals surface area contributed by atoms with E-state index in [1.807, 2.05) is 24.0 Å². The number of aryl methyl sites for hydroxylation is 1. The summed E-state index contributed by atoms with van der Waals surface area (Å²) in [6, 6.07) is 12.2. The lowest BCUT2D eigenvalue weighted by molar-refractivity contribution is -0.140. The number of carbonyl (C=O) groups excluding carboxylic acids is 2. The monoisotopic (exact) mass is 480 g/mol. The van der Waals surface area contributed by atoms with Crippen molar-refractivity contribution >= 4 is 17.6 Å². The lowest BCUT2D eigenvalue weighted by Gasteiger charge is -2.36. The Balaban J connectivity index is 1.27. The Bertz CT molecular complexity index is 968. The van der Waals surface area contributed by atoms with Crippen molar-refractivity contribution in [2.24, 2.45) is 0 Å². The average molecular weight is 481 g/mol. The van der Waals surface area contributed by atoms with Gasteiger partial charge in [-0.2, -0.15) is 0 Å². The van der Waals surface area contributed by atoms with Gasteiger partial charge in [-0.1, -0.05) is 36.8 Å². The van der Waals surface area contributed by atoms with Crippen molar-refractivity contribution in [3.63, 3.8) is 0 Å². The summed E-state index contributed by atoms with van der Waals surface area (Å²) in [5.74, 6) is 0.852. The van der Waals surface area contributed by atoms with Gasteiger partial charge in [0.2, 0.25) is 11.8 Å². The Morgan fingerprint density at radius 1 is 0.943 bits per heavy atom. The summed E-state index contributed by atoms with van der Waals surface area (Å²) in [6.45, 7) is 11.2. The van der Waals surface area contributed by atoms with Gasteiger partial charge in [0.1, 0.15) is 0 Å². The van der Waals surface area contributed by atoms with Gasteiger partial charge in [-0.15, -0.1) is 10.2 Å². The Morgan fingerprint density at radius 2 is 1.66 bits per heavy atom. The fourth-order valence-electron chi connectivity index (χ4n) is 4.42. The second-order valence-corrected chi connectivity index (χ2v) is 9.13. The van der Waals surface area contributed by atoms with E-state index >= 15 is 0 Å². The van der Waals surface area contributed by atoms with Gasteiger partial charge in [-0.3, -0.25) is 14.5 Å². The Labute approximate surface area is 207 Å². The van der Waals surface area contributed by atoms with Crippen molar-refractivity contribution in [3.8, 4) is 11.3 Å². The normalized spacial score (nSPS) is 16.9. The summed E-state index contributed by atoms with van der Waals surface area (Å²) in [5, 5.41) is 8.84. The molecule has 1 aromatic carbocycles. The molecule has 35 heavy (non-hydrogen) atoms. The van der Waals surface area contributed by atoms with Gasteiger partial charge < -0.3 is 19.4 Å². The number of rotatable bonds is 8. The minimum absolute atomic E-state index is 0.00855. The molecule has 2 aliphatic heterocycles. The molecular formula is C26H36N6O3. The van der Waals surface area contributed by atoms with Crippen LogP contribution in [-0.4, -0.2) is 109 Å². The van der Waals surface area contributed by atoms with Gasteiger partial charge in [-0.25, -0.2) is 0 Å². The van der Waals surface area contributed by atoms with Gasteiger partial charge in [0.05, 0.1) is 25.5 Å². The highest BCUT2D eigenvalue weighted by Crippen LogP contribution is 2.20. The molecule has 2 aliphatic rings. The highest BCUT2D eigenvalue weighted by molar-refractivity contribution is 5.85. The van der Waals surface area contributed by atoms with Crippen molar-refractivity contribution in [2.75, 3.05) is 77.0 Å². The van der Waals surface area contributed by atoms with E-state index in [2.05, 4.69) is 51.2 Å². The van der Waals surface area contributed by atoms with Crippen LogP contribution in [0.4, 0.5) is 5.82 Å². The summed E-state index contributed by atoms with van der Waals surface area (Å²) < 4.78 is 5.39. The van der Waals surface area contributed by atoms with E-state index < -0.39 is 0 Å². The van der Waals surface area contributed by atoms with Crippen LogP contribution in [0.5, 0.6) is 0 Å². The molecule has 188 valence electrons. The predicted octanol–water partition coefficient (Wildman–Crippen LogP) is 1.67. The van der Waals surface area contributed by atoms with Crippen LogP contribution in [0.1, 0.15) is 18.9 Å². The van der Waals surface area contributed by atoms with Gasteiger partial charge >= 0.3 is 0 Å². The molecule has 4 rings (SSSR count). The molecule has 3 heterocycles. The van der Waals surface area contributed by atoms with Gasteiger partial charge in [0, 0.05) is 64.3 Å². The highest BCUT2D eigenvalue weighted by Gasteiger charge is 2.25. The van der Waals surface area contributed by atoms with E-state index in [0.717, 1.165) is 49.9 Å². The van der Waals surface area contributed by atoms with Gasteiger partial charge in [0.15, 0.2) is 5.82 Å². The summed E-state index contributed by atoms with van der Waals surface area (Å²) in [6.07, 6.45) is 0.404. The number of nitrogens with zero attached hydrogens (tertiary/aromatic N) is 6. The van der Waals surface area contributed by atoms with E-state index in [1.165, 1.54) is 5.56 Å². The second kappa shape index (κ2) is 12.1. The Hall–Kier alpha value is -3.04. The van der Waals surface area contributed by atoms with Crippen molar-refractivity contribution < 1.29 is 14.3 Å². The van der Waals surface area contributed by atoms with Crippen LogP contribution in [0.25, 0.3) is 11.3 Å². The van der Waals surface area contributed by atoms with Crippen LogP contribution in [0.15, 0.2) is 36.4 Å². The summed E-state index contributed by atoms with van der Waals surface area (Å²) in [5.41, 5.74) is 3.11. The molecule has 9 nitrogen and oxygen atoms in total. The van der Waals surface area contributed by atoms with E-state index in [0.29, 0.717) is 39.1 Å². The number of aromatic nitrogens is 2. The number of hydrogen-bond donors (Lipinski definition) is 0. The van der Waals surface area contributed by atoms with Gasteiger partial charge in [0.25, 0.3) is 0 Å². The number of piperazine rings is 1. The predicted molar refractivity (Wildman–Crippen MR) is 135 cm³/mol. The molecule has 2 amide bonds. The maximum Gasteiger partial charge on any atom is 0.242 e. The summed E-state index contributed by atoms with van der Waals surface area (Å²) in [4.78, 5) is 33.5. The third-order valence-electron chi connectivity index (χ3n) is 6.73. The molecule has 0 bridgehead atoms. The SMILES string of the molecule is CCC(=O)N(CCN1CCOCC1)CC(=O)N1CCN(c2ccc(-c3ccc(C)cc3)nn2)CC1. The van der Waals surface area contributed by atoms with Crippen LogP contribution in [0.3, 0.4) is 0 Å². The van der Waals surface area contributed by atoms with Crippen LogP contribution >= 0.6 is 0 Å². The number of morpholine rings is 1. The number of ether oxygens (including phenoxy) is 1. The van der Waals surface area contributed by atoms with Crippen LogP contribution in [0, 0.1) is 6.92 Å². The zero-order chi connectivity index (χ0) is 24.6. The van der Waals surface area contributed by atoms with E-state index in [4.69, 9.17) is 4.74 Å². The minimum Gasteiger partial charge on any atom is -0.379 e. The first kappa shape index (κ1) is 25.1. The fourth-order valence-corrected chi connectivity index (χ4v) is 4.42. The second-order valence-electron chi connectivity index (χ2n) is 9.13.